The summed E-state index contributed by atoms with van der Waals surface area (Å²) in [6, 6.07) is 2.03. The molecule has 1 unspecified atom stereocenters. The third-order valence-corrected chi connectivity index (χ3v) is 3.57. The average Bonchev–Trinajstić information content (AvgIpc) is 2.85. The van der Waals surface area contributed by atoms with Crippen molar-refractivity contribution in [2.24, 2.45) is 0 Å². The maximum Gasteiger partial charge on any atom is 0.198 e. The monoisotopic (exact) mass is 236 g/mol. The zero-order valence-electron chi connectivity index (χ0n) is 9.11. The smallest absolute Gasteiger partial charge is 0.198 e. The largest absolute Gasteiger partial charge is 0.472 e. The maximum absolute atomic E-state index is 5.93. The van der Waals surface area contributed by atoms with Gasteiger partial charge in [0.1, 0.15) is 11.9 Å². The molecule has 1 aliphatic rings. The first-order valence-electron chi connectivity index (χ1n) is 5.16. The molecule has 1 N–H and O–H groups in total. The first-order chi connectivity index (χ1) is 7.75. The van der Waals surface area contributed by atoms with Gasteiger partial charge in [0.05, 0.1) is 23.5 Å². The lowest BCUT2D eigenvalue weighted by Gasteiger charge is -2.24. The summed E-state index contributed by atoms with van der Waals surface area (Å²) in [5, 5.41) is 10.3. The van der Waals surface area contributed by atoms with Crippen molar-refractivity contribution in [2.45, 2.75) is 20.0 Å². The van der Waals surface area contributed by atoms with Gasteiger partial charge in [-0.15, -0.1) is 11.3 Å². The van der Waals surface area contributed by atoms with E-state index in [1.807, 2.05) is 25.3 Å². The molecule has 0 aliphatic carbocycles. The van der Waals surface area contributed by atoms with E-state index in [-0.39, 0.29) is 6.10 Å². The van der Waals surface area contributed by atoms with Crippen molar-refractivity contribution in [3.8, 4) is 5.06 Å². The van der Waals surface area contributed by atoms with E-state index in [0.717, 1.165) is 34.3 Å². The van der Waals surface area contributed by atoms with Gasteiger partial charge >= 0.3 is 0 Å². The second-order valence-corrected chi connectivity index (χ2v) is 4.73. The number of rotatable bonds is 1. The third kappa shape index (κ3) is 1.39. The second kappa shape index (κ2) is 3.52. The average molecular weight is 236 g/mol. The summed E-state index contributed by atoms with van der Waals surface area (Å²) in [6.45, 7) is 4.62. The van der Waals surface area contributed by atoms with Crippen LogP contribution in [-0.2, 0) is 0 Å². The molecular formula is C11H12N2O2S. The van der Waals surface area contributed by atoms with Gasteiger partial charge in [0.2, 0.25) is 0 Å². The van der Waals surface area contributed by atoms with Gasteiger partial charge in [-0.1, -0.05) is 5.16 Å². The minimum Gasteiger partial charge on any atom is -0.472 e. The minimum atomic E-state index is -0.00241. The predicted molar refractivity (Wildman–Crippen MR) is 62.2 cm³/mol. The highest BCUT2D eigenvalue weighted by Crippen LogP contribution is 2.39. The van der Waals surface area contributed by atoms with Crippen molar-refractivity contribution < 1.29 is 9.26 Å². The van der Waals surface area contributed by atoms with E-state index in [4.69, 9.17) is 9.26 Å². The summed E-state index contributed by atoms with van der Waals surface area (Å²) in [5.74, 6) is 0.837. The van der Waals surface area contributed by atoms with Crippen LogP contribution in [-0.4, -0.2) is 11.7 Å². The summed E-state index contributed by atoms with van der Waals surface area (Å²) < 4.78 is 11.1. The lowest BCUT2D eigenvalue weighted by Crippen LogP contribution is -2.23. The Morgan fingerprint density at radius 2 is 2.38 bits per heavy atom. The molecule has 0 radical (unpaired) electrons. The van der Waals surface area contributed by atoms with E-state index in [9.17, 15) is 0 Å². The highest BCUT2D eigenvalue weighted by atomic mass is 32.1. The van der Waals surface area contributed by atoms with Crippen molar-refractivity contribution in [3.05, 3.63) is 28.5 Å². The molecule has 3 heterocycles. The van der Waals surface area contributed by atoms with Gasteiger partial charge < -0.3 is 14.6 Å². The molecule has 1 atom stereocenters. The molecule has 84 valence electrons. The standard InChI is InChI=1S/C11H12N2O2S/c1-6-10(7(2)15-13-6)9-5-12-8-3-4-16-11(8)14-9/h3-4,9,12H,5H2,1-2H3. The molecule has 5 heteroatoms. The first kappa shape index (κ1) is 9.72. The predicted octanol–water partition coefficient (Wildman–Crippen LogP) is 2.90. The molecule has 0 amide bonds. The molecule has 0 bridgehead atoms. The second-order valence-electron chi connectivity index (χ2n) is 3.85. The maximum atomic E-state index is 5.93. The number of nitrogens with zero attached hydrogens (tertiary/aromatic N) is 1. The van der Waals surface area contributed by atoms with Crippen molar-refractivity contribution in [1.82, 2.24) is 5.16 Å². The Kier molecular flexibility index (Phi) is 2.14. The molecule has 0 aromatic carbocycles. The molecular weight excluding hydrogens is 224 g/mol. The number of fused-ring (bicyclic) bond motifs is 1. The topological polar surface area (TPSA) is 47.3 Å². The van der Waals surface area contributed by atoms with Gasteiger partial charge in [0.25, 0.3) is 0 Å². The van der Waals surface area contributed by atoms with Crippen molar-refractivity contribution in [2.75, 3.05) is 11.9 Å². The fourth-order valence-electron chi connectivity index (χ4n) is 2.00. The van der Waals surface area contributed by atoms with Crippen LogP contribution in [0.1, 0.15) is 23.1 Å². The van der Waals surface area contributed by atoms with Gasteiger partial charge in [0, 0.05) is 0 Å². The van der Waals surface area contributed by atoms with E-state index >= 15 is 0 Å². The van der Waals surface area contributed by atoms with Crippen LogP contribution in [0.25, 0.3) is 0 Å². The van der Waals surface area contributed by atoms with Crippen LogP contribution in [0.3, 0.4) is 0 Å². The van der Waals surface area contributed by atoms with E-state index in [2.05, 4.69) is 10.5 Å². The van der Waals surface area contributed by atoms with Crippen LogP contribution in [0.2, 0.25) is 0 Å². The molecule has 16 heavy (non-hydrogen) atoms. The Morgan fingerprint density at radius 1 is 1.50 bits per heavy atom. The molecule has 4 nitrogen and oxygen atoms in total. The normalized spacial score (nSPS) is 18.8. The number of ether oxygens (including phenoxy) is 1. The van der Waals surface area contributed by atoms with Crippen LogP contribution < -0.4 is 10.1 Å². The lowest BCUT2D eigenvalue weighted by molar-refractivity contribution is 0.215. The van der Waals surface area contributed by atoms with E-state index < -0.39 is 0 Å². The van der Waals surface area contributed by atoms with Crippen LogP contribution in [0.4, 0.5) is 5.69 Å². The lowest BCUT2D eigenvalue weighted by atomic mass is 10.1. The molecule has 1 aliphatic heterocycles. The van der Waals surface area contributed by atoms with E-state index in [0.29, 0.717) is 0 Å². The molecule has 0 spiro atoms. The molecule has 2 aromatic rings. The van der Waals surface area contributed by atoms with Gasteiger partial charge in [-0.05, 0) is 25.3 Å². The third-order valence-electron chi connectivity index (χ3n) is 2.77. The van der Waals surface area contributed by atoms with Gasteiger partial charge in [0.15, 0.2) is 5.06 Å². The number of aryl methyl sites for hydroxylation is 2. The van der Waals surface area contributed by atoms with E-state index in [1.165, 1.54) is 0 Å². The van der Waals surface area contributed by atoms with Gasteiger partial charge in [-0.2, -0.15) is 0 Å². The Balaban J connectivity index is 1.94. The number of nitrogens with one attached hydrogen (secondary N) is 1. The highest BCUT2D eigenvalue weighted by Gasteiger charge is 2.27. The van der Waals surface area contributed by atoms with Crippen molar-refractivity contribution in [1.29, 1.82) is 0 Å². The molecule has 0 saturated carbocycles. The Morgan fingerprint density at radius 3 is 3.12 bits per heavy atom. The fraction of sp³-hybridized carbons (Fsp3) is 0.364. The van der Waals surface area contributed by atoms with Crippen LogP contribution >= 0.6 is 11.3 Å². The van der Waals surface area contributed by atoms with Crippen LogP contribution in [0.15, 0.2) is 16.0 Å². The van der Waals surface area contributed by atoms with Crippen molar-refractivity contribution >= 4 is 17.0 Å². The number of anilines is 1. The molecule has 0 saturated heterocycles. The van der Waals surface area contributed by atoms with Gasteiger partial charge in [-0.3, -0.25) is 0 Å². The summed E-state index contributed by atoms with van der Waals surface area (Å²) in [6.07, 6.45) is -0.00241. The summed E-state index contributed by atoms with van der Waals surface area (Å²) in [7, 11) is 0. The Bertz CT molecular complexity index is 498. The minimum absolute atomic E-state index is 0.00241. The Labute approximate surface area is 97.2 Å². The summed E-state index contributed by atoms with van der Waals surface area (Å²) in [4.78, 5) is 0. The van der Waals surface area contributed by atoms with Crippen LogP contribution in [0, 0.1) is 13.8 Å². The first-order valence-corrected chi connectivity index (χ1v) is 6.04. The Hall–Kier alpha value is -1.49. The number of thiophene rings is 1. The number of aromatic nitrogens is 1. The summed E-state index contributed by atoms with van der Waals surface area (Å²) >= 11 is 1.60. The van der Waals surface area contributed by atoms with Crippen molar-refractivity contribution in [3.63, 3.8) is 0 Å². The zero-order valence-corrected chi connectivity index (χ0v) is 9.93. The quantitative estimate of drug-likeness (QED) is 0.827. The van der Waals surface area contributed by atoms with E-state index in [1.54, 1.807) is 11.3 Å². The number of hydrogen-bond donors (Lipinski definition) is 1. The SMILES string of the molecule is Cc1noc(C)c1C1CNc2ccsc2O1. The zero-order chi connectivity index (χ0) is 11.1. The summed E-state index contributed by atoms with van der Waals surface area (Å²) in [5.41, 5.74) is 3.05. The molecule has 0 fully saturated rings. The number of hydrogen-bond acceptors (Lipinski definition) is 5. The highest BCUT2D eigenvalue weighted by molar-refractivity contribution is 7.12. The molecule has 2 aromatic heterocycles. The van der Waals surface area contributed by atoms with Gasteiger partial charge in [-0.25, -0.2) is 0 Å². The fourth-order valence-corrected chi connectivity index (χ4v) is 2.77. The van der Waals surface area contributed by atoms with Crippen LogP contribution in [0.5, 0.6) is 5.06 Å². The molecule has 3 rings (SSSR count).